The predicted octanol–water partition coefficient (Wildman–Crippen LogP) is 2.79. The minimum Gasteiger partial charge on any atom is -0.383 e. The van der Waals surface area contributed by atoms with Crippen molar-refractivity contribution in [1.82, 2.24) is 9.88 Å². The van der Waals surface area contributed by atoms with Gasteiger partial charge in [-0.3, -0.25) is 13.9 Å². The number of sulfonamides is 1. The van der Waals surface area contributed by atoms with Gasteiger partial charge in [-0.2, -0.15) is 0 Å². The number of rotatable bonds is 11. The molecule has 0 aliphatic heterocycles. The molecule has 0 spiro atoms. The van der Waals surface area contributed by atoms with Crippen molar-refractivity contribution < 1.29 is 22.7 Å². The number of carbonyl (C=O) groups excluding carboxylic acids is 1. The molecule has 0 saturated carbocycles. The van der Waals surface area contributed by atoms with E-state index in [1.807, 2.05) is 13.0 Å². The highest BCUT2D eigenvalue weighted by Gasteiger charge is 2.25. The first-order valence-electron chi connectivity index (χ1n) is 11.3. The minimum atomic E-state index is -3.95. The second-order valence-electron chi connectivity index (χ2n) is 8.03. The number of nitrogens with zero attached hydrogens (tertiary/aromatic N) is 2. The van der Waals surface area contributed by atoms with Gasteiger partial charge in [-0.25, -0.2) is 8.42 Å². The highest BCUT2D eigenvalue weighted by molar-refractivity contribution is 7.92. The van der Waals surface area contributed by atoms with Crippen LogP contribution in [-0.4, -0.2) is 71.3 Å². The Labute approximate surface area is 205 Å². The number of hydrogen-bond acceptors (Lipinski definition) is 6. The van der Waals surface area contributed by atoms with Crippen LogP contribution in [0.15, 0.2) is 58.4 Å². The molecule has 1 heterocycles. The summed E-state index contributed by atoms with van der Waals surface area (Å²) in [7, 11) is -0.895. The van der Waals surface area contributed by atoms with Crippen LogP contribution < -0.4 is 9.73 Å². The standard InChI is InChI=1S/C25H31N3O6S/c1-5-28(19-8-6-7-18(2)15-19)35(31,32)20-9-10-23-21(16-20)24(29)22(17-26-23)25(30)27(11-13-33-3)12-14-34-4/h6-10,15-17H,5,11-14H2,1-4H3,(H,26,29). The number of aromatic amines is 1. The Balaban J connectivity index is 2.05. The SMILES string of the molecule is CCN(c1cccc(C)c1)S(=O)(=O)c1ccc2[nH]cc(C(=O)N(CCOC)CCOC)c(=O)c2c1. The molecular formula is C25H31N3O6S. The molecule has 0 atom stereocenters. The number of fused-ring (bicyclic) bond motifs is 1. The number of aromatic nitrogens is 1. The molecule has 3 aromatic rings. The fourth-order valence-corrected chi connectivity index (χ4v) is 5.30. The number of H-pyrrole nitrogens is 1. The van der Waals surface area contributed by atoms with Gasteiger partial charge in [-0.1, -0.05) is 12.1 Å². The lowest BCUT2D eigenvalue weighted by Gasteiger charge is -2.23. The number of nitrogens with one attached hydrogen (secondary N) is 1. The zero-order chi connectivity index (χ0) is 25.6. The Bertz CT molecular complexity index is 1340. The average Bonchev–Trinajstić information content (AvgIpc) is 2.84. The van der Waals surface area contributed by atoms with E-state index in [4.69, 9.17) is 9.47 Å². The Morgan fingerprint density at radius 1 is 1.03 bits per heavy atom. The second-order valence-corrected chi connectivity index (χ2v) is 9.89. The predicted molar refractivity (Wildman–Crippen MR) is 136 cm³/mol. The lowest BCUT2D eigenvalue weighted by Crippen LogP contribution is -2.38. The second kappa shape index (κ2) is 11.5. The van der Waals surface area contributed by atoms with Crippen LogP contribution in [0.5, 0.6) is 0 Å². The van der Waals surface area contributed by atoms with E-state index in [-0.39, 0.29) is 35.5 Å². The molecular weight excluding hydrogens is 470 g/mol. The summed E-state index contributed by atoms with van der Waals surface area (Å²) < 4.78 is 38.5. The van der Waals surface area contributed by atoms with Gasteiger partial charge >= 0.3 is 0 Å². The monoisotopic (exact) mass is 501 g/mol. The van der Waals surface area contributed by atoms with Crippen LogP contribution in [-0.2, 0) is 19.5 Å². The normalized spacial score (nSPS) is 11.5. The van der Waals surface area contributed by atoms with E-state index in [0.717, 1.165) is 5.56 Å². The molecule has 0 aliphatic rings. The van der Waals surface area contributed by atoms with E-state index in [9.17, 15) is 18.0 Å². The van der Waals surface area contributed by atoms with E-state index in [1.165, 1.54) is 47.8 Å². The first kappa shape index (κ1) is 26.4. The van der Waals surface area contributed by atoms with Crippen LogP contribution >= 0.6 is 0 Å². The van der Waals surface area contributed by atoms with Crippen molar-refractivity contribution in [2.75, 3.05) is 51.4 Å². The van der Waals surface area contributed by atoms with Gasteiger partial charge in [-0.05, 0) is 49.7 Å². The van der Waals surface area contributed by atoms with E-state index >= 15 is 0 Å². The van der Waals surface area contributed by atoms with Crippen molar-refractivity contribution in [3.8, 4) is 0 Å². The largest absolute Gasteiger partial charge is 0.383 e. The lowest BCUT2D eigenvalue weighted by molar-refractivity contribution is 0.0626. The molecule has 0 fully saturated rings. The van der Waals surface area contributed by atoms with Crippen LogP contribution in [0, 0.1) is 6.92 Å². The summed E-state index contributed by atoms with van der Waals surface area (Å²) >= 11 is 0. The molecule has 0 unspecified atom stereocenters. The summed E-state index contributed by atoms with van der Waals surface area (Å²) in [6.45, 7) is 5.02. The number of carbonyl (C=O) groups is 1. The van der Waals surface area contributed by atoms with E-state index in [1.54, 1.807) is 25.1 Å². The molecule has 2 aromatic carbocycles. The van der Waals surface area contributed by atoms with Gasteiger partial charge in [0.2, 0.25) is 5.43 Å². The van der Waals surface area contributed by atoms with Gasteiger partial charge < -0.3 is 19.4 Å². The third-order valence-corrected chi connectivity index (χ3v) is 7.56. The average molecular weight is 502 g/mol. The maximum Gasteiger partial charge on any atom is 0.264 e. The summed E-state index contributed by atoms with van der Waals surface area (Å²) in [6, 6.07) is 11.5. The molecule has 1 amide bonds. The van der Waals surface area contributed by atoms with Gasteiger partial charge in [0, 0.05) is 51.0 Å². The van der Waals surface area contributed by atoms with Gasteiger partial charge in [0.25, 0.3) is 15.9 Å². The third kappa shape index (κ3) is 5.72. The van der Waals surface area contributed by atoms with Crippen LogP contribution in [0.2, 0.25) is 0 Å². The van der Waals surface area contributed by atoms with Crippen molar-refractivity contribution in [3.05, 3.63) is 70.0 Å². The van der Waals surface area contributed by atoms with Crippen molar-refractivity contribution in [1.29, 1.82) is 0 Å². The maximum absolute atomic E-state index is 13.5. The molecule has 35 heavy (non-hydrogen) atoms. The number of ether oxygens (including phenoxy) is 2. The highest BCUT2D eigenvalue weighted by atomic mass is 32.2. The van der Waals surface area contributed by atoms with Crippen molar-refractivity contribution in [2.24, 2.45) is 0 Å². The van der Waals surface area contributed by atoms with Crippen LogP contribution in [0.3, 0.4) is 0 Å². The van der Waals surface area contributed by atoms with Gasteiger partial charge in [0.1, 0.15) is 5.56 Å². The number of aryl methyl sites for hydroxylation is 1. The quantitative estimate of drug-likeness (QED) is 0.433. The molecule has 10 heteroatoms. The van der Waals surface area contributed by atoms with Gasteiger partial charge in [-0.15, -0.1) is 0 Å². The fourth-order valence-electron chi connectivity index (χ4n) is 3.81. The molecule has 3 rings (SSSR count). The summed E-state index contributed by atoms with van der Waals surface area (Å²) in [6.07, 6.45) is 1.36. The molecule has 0 saturated heterocycles. The lowest BCUT2D eigenvalue weighted by atomic mass is 10.1. The number of benzene rings is 2. The minimum absolute atomic E-state index is 0.0286. The molecule has 0 radical (unpaired) electrons. The zero-order valence-electron chi connectivity index (χ0n) is 20.4. The maximum atomic E-state index is 13.5. The van der Waals surface area contributed by atoms with Crippen molar-refractivity contribution >= 4 is 32.5 Å². The van der Waals surface area contributed by atoms with E-state index in [2.05, 4.69) is 4.98 Å². The smallest absolute Gasteiger partial charge is 0.264 e. The van der Waals surface area contributed by atoms with Crippen LogP contribution in [0.4, 0.5) is 5.69 Å². The highest BCUT2D eigenvalue weighted by Crippen LogP contribution is 2.25. The molecule has 0 aliphatic carbocycles. The van der Waals surface area contributed by atoms with Gasteiger partial charge in [0.15, 0.2) is 0 Å². The van der Waals surface area contributed by atoms with Crippen LogP contribution in [0.25, 0.3) is 10.9 Å². The number of methoxy groups -OCH3 is 2. The van der Waals surface area contributed by atoms with Crippen molar-refractivity contribution in [3.63, 3.8) is 0 Å². The Morgan fingerprint density at radius 3 is 2.31 bits per heavy atom. The molecule has 1 aromatic heterocycles. The first-order chi connectivity index (χ1) is 16.7. The summed E-state index contributed by atoms with van der Waals surface area (Å²) in [5, 5.41) is 0.121. The number of pyridine rings is 1. The third-order valence-electron chi connectivity index (χ3n) is 5.67. The fraction of sp³-hybridized carbons (Fsp3) is 0.360. The number of anilines is 1. The first-order valence-corrected chi connectivity index (χ1v) is 12.7. The summed E-state index contributed by atoms with van der Waals surface area (Å²) in [4.78, 5) is 30.9. The molecule has 1 N–H and O–H groups in total. The molecule has 9 nitrogen and oxygen atoms in total. The Morgan fingerprint density at radius 2 is 1.71 bits per heavy atom. The molecule has 0 bridgehead atoms. The Kier molecular flexibility index (Phi) is 8.66. The molecule has 188 valence electrons. The van der Waals surface area contributed by atoms with Gasteiger partial charge in [0.05, 0.1) is 23.8 Å². The topological polar surface area (TPSA) is 109 Å². The summed E-state index contributed by atoms with van der Waals surface area (Å²) in [5.41, 5.74) is 1.28. The van der Waals surface area contributed by atoms with E-state index in [0.29, 0.717) is 24.4 Å². The van der Waals surface area contributed by atoms with Crippen molar-refractivity contribution in [2.45, 2.75) is 18.7 Å². The number of hydrogen-bond donors (Lipinski definition) is 1. The summed E-state index contributed by atoms with van der Waals surface area (Å²) in [5.74, 6) is -0.481. The van der Waals surface area contributed by atoms with Crippen LogP contribution in [0.1, 0.15) is 22.8 Å². The zero-order valence-corrected chi connectivity index (χ0v) is 21.2. The van der Waals surface area contributed by atoms with E-state index < -0.39 is 21.4 Å². The Hall–Kier alpha value is -3.21. The number of amides is 1.